The SMILES string of the molecule is OC1c2ccccc2CC1N1CCCN(CC(F)(F)F)CC1. The summed E-state index contributed by atoms with van der Waals surface area (Å²) in [6.07, 6.45) is -3.20. The highest BCUT2D eigenvalue weighted by atomic mass is 19.4. The van der Waals surface area contributed by atoms with E-state index in [1.807, 2.05) is 24.3 Å². The maximum absolute atomic E-state index is 12.5. The Hall–Kier alpha value is -1.11. The van der Waals surface area contributed by atoms with Crippen molar-refractivity contribution in [1.82, 2.24) is 9.80 Å². The van der Waals surface area contributed by atoms with E-state index in [0.29, 0.717) is 26.1 Å². The first-order valence-electron chi connectivity index (χ1n) is 7.73. The molecule has 22 heavy (non-hydrogen) atoms. The van der Waals surface area contributed by atoms with Gasteiger partial charge in [0.1, 0.15) is 0 Å². The summed E-state index contributed by atoms with van der Waals surface area (Å²) in [5.41, 5.74) is 2.11. The second kappa shape index (κ2) is 6.18. The molecule has 122 valence electrons. The Morgan fingerprint density at radius 2 is 1.86 bits per heavy atom. The van der Waals surface area contributed by atoms with Crippen LogP contribution in [0.15, 0.2) is 24.3 Å². The van der Waals surface area contributed by atoms with E-state index >= 15 is 0 Å². The number of fused-ring (bicyclic) bond motifs is 1. The molecule has 3 nitrogen and oxygen atoms in total. The van der Waals surface area contributed by atoms with Gasteiger partial charge in [0.15, 0.2) is 0 Å². The highest BCUT2D eigenvalue weighted by Gasteiger charge is 2.36. The molecule has 0 aromatic heterocycles. The second-order valence-corrected chi connectivity index (χ2v) is 6.20. The fourth-order valence-corrected chi connectivity index (χ4v) is 3.62. The summed E-state index contributed by atoms with van der Waals surface area (Å²) in [6.45, 7) is 1.34. The summed E-state index contributed by atoms with van der Waals surface area (Å²) < 4.78 is 37.6. The number of hydrogen-bond acceptors (Lipinski definition) is 3. The smallest absolute Gasteiger partial charge is 0.387 e. The van der Waals surface area contributed by atoms with Crippen LogP contribution in [0.4, 0.5) is 13.2 Å². The minimum Gasteiger partial charge on any atom is -0.387 e. The average molecular weight is 314 g/mol. The third-order valence-corrected chi connectivity index (χ3v) is 4.66. The first-order valence-corrected chi connectivity index (χ1v) is 7.73. The molecule has 1 aromatic carbocycles. The van der Waals surface area contributed by atoms with Gasteiger partial charge in [-0.1, -0.05) is 24.3 Å². The molecular weight excluding hydrogens is 293 g/mol. The van der Waals surface area contributed by atoms with Gasteiger partial charge in [0.25, 0.3) is 0 Å². The molecule has 0 bridgehead atoms. The molecule has 1 saturated heterocycles. The van der Waals surface area contributed by atoms with Gasteiger partial charge < -0.3 is 5.11 Å². The lowest BCUT2D eigenvalue weighted by Crippen LogP contribution is -2.42. The van der Waals surface area contributed by atoms with Crippen molar-refractivity contribution < 1.29 is 18.3 Å². The second-order valence-electron chi connectivity index (χ2n) is 6.20. The van der Waals surface area contributed by atoms with Crippen molar-refractivity contribution in [3.8, 4) is 0 Å². The van der Waals surface area contributed by atoms with Gasteiger partial charge in [-0.3, -0.25) is 9.80 Å². The van der Waals surface area contributed by atoms with Gasteiger partial charge in [-0.2, -0.15) is 13.2 Å². The summed E-state index contributed by atoms with van der Waals surface area (Å²) in [5, 5.41) is 10.5. The first kappa shape index (κ1) is 15.8. The maximum atomic E-state index is 12.5. The van der Waals surface area contributed by atoms with Gasteiger partial charge in [0, 0.05) is 19.1 Å². The highest BCUT2D eigenvalue weighted by Crippen LogP contribution is 2.34. The normalized spacial score (nSPS) is 27.6. The molecule has 2 unspecified atom stereocenters. The van der Waals surface area contributed by atoms with Gasteiger partial charge >= 0.3 is 6.18 Å². The molecule has 1 heterocycles. The highest BCUT2D eigenvalue weighted by molar-refractivity contribution is 5.35. The largest absolute Gasteiger partial charge is 0.401 e. The quantitative estimate of drug-likeness (QED) is 0.907. The fraction of sp³-hybridized carbons (Fsp3) is 0.625. The first-order chi connectivity index (χ1) is 10.4. The number of aliphatic hydroxyl groups excluding tert-OH is 1. The van der Waals surface area contributed by atoms with E-state index in [1.165, 1.54) is 4.90 Å². The third-order valence-electron chi connectivity index (χ3n) is 4.66. The summed E-state index contributed by atoms with van der Waals surface area (Å²) in [4.78, 5) is 3.62. The van der Waals surface area contributed by atoms with Crippen LogP contribution in [0.2, 0.25) is 0 Å². The van der Waals surface area contributed by atoms with Crippen molar-refractivity contribution >= 4 is 0 Å². The maximum Gasteiger partial charge on any atom is 0.401 e. The van der Waals surface area contributed by atoms with Crippen LogP contribution in [0.3, 0.4) is 0 Å². The number of hydrogen-bond donors (Lipinski definition) is 1. The number of alkyl halides is 3. The predicted octanol–water partition coefficient (Wildman–Crippen LogP) is 2.21. The van der Waals surface area contributed by atoms with Crippen molar-refractivity contribution in [1.29, 1.82) is 0 Å². The number of halogens is 3. The number of rotatable bonds is 2. The summed E-state index contributed by atoms with van der Waals surface area (Å²) >= 11 is 0. The molecule has 1 fully saturated rings. The van der Waals surface area contributed by atoms with Crippen LogP contribution in [0.25, 0.3) is 0 Å². The Bertz CT molecular complexity index is 520. The molecule has 1 aliphatic carbocycles. The van der Waals surface area contributed by atoms with E-state index < -0.39 is 18.8 Å². The van der Waals surface area contributed by atoms with E-state index in [-0.39, 0.29) is 6.04 Å². The Morgan fingerprint density at radius 3 is 2.59 bits per heavy atom. The van der Waals surface area contributed by atoms with Crippen LogP contribution in [0.5, 0.6) is 0 Å². The van der Waals surface area contributed by atoms with Gasteiger partial charge in [-0.25, -0.2) is 0 Å². The Labute approximate surface area is 128 Å². The third kappa shape index (κ3) is 3.45. The molecule has 0 spiro atoms. The predicted molar refractivity (Wildman–Crippen MR) is 77.6 cm³/mol. The zero-order valence-electron chi connectivity index (χ0n) is 12.4. The Balaban J connectivity index is 1.63. The topological polar surface area (TPSA) is 26.7 Å². The zero-order chi connectivity index (χ0) is 15.7. The lowest BCUT2D eigenvalue weighted by molar-refractivity contribution is -0.145. The fourth-order valence-electron chi connectivity index (χ4n) is 3.62. The summed E-state index contributed by atoms with van der Waals surface area (Å²) in [7, 11) is 0. The molecular formula is C16H21F3N2O. The molecule has 6 heteroatoms. The van der Waals surface area contributed by atoms with Crippen LogP contribution in [-0.2, 0) is 6.42 Å². The van der Waals surface area contributed by atoms with Crippen LogP contribution < -0.4 is 0 Å². The Kier molecular flexibility index (Phi) is 4.43. The number of nitrogens with zero attached hydrogens (tertiary/aromatic N) is 2. The summed E-state index contributed by atoms with van der Waals surface area (Å²) in [5.74, 6) is 0. The van der Waals surface area contributed by atoms with Crippen LogP contribution >= 0.6 is 0 Å². The molecule has 2 aliphatic rings. The van der Waals surface area contributed by atoms with Gasteiger partial charge in [0.05, 0.1) is 12.6 Å². The minimum absolute atomic E-state index is 0.0109. The molecule has 1 N–H and O–H groups in total. The lowest BCUT2D eigenvalue weighted by Gasteiger charge is -2.30. The van der Waals surface area contributed by atoms with Gasteiger partial charge in [0.2, 0.25) is 0 Å². The van der Waals surface area contributed by atoms with E-state index in [0.717, 1.165) is 24.1 Å². The van der Waals surface area contributed by atoms with Crippen molar-refractivity contribution in [2.24, 2.45) is 0 Å². The van der Waals surface area contributed by atoms with Gasteiger partial charge in [-0.15, -0.1) is 0 Å². The van der Waals surface area contributed by atoms with Crippen LogP contribution in [0, 0.1) is 0 Å². The molecule has 0 radical (unpaired) electrons. The molecule has 3 rings (SSSR count). The minimum atomic E-state index is -4.14. The molecule has 1 aliphatic heterocycles. The van der Waals surface area contributed by atoms with Gasteiger partial charge in [-0.05, 0) is 37.1 Å². The Morgan fingerprint density at radius 1 is 1.09 bits per heavy atom. The standard InChI is InChI=1S/C16H21F3N2O/c17-16(18,19)11-20-6-3-7-21(9-8-20)14-10-12-4-1-2-5-13(12)15(14)22/h1-2,4-5,14-15,22H,3,6-11H2. The number of benzene rings is 1. The van der Waals surface area contributed by atoms with E-state index in [4.69, 9.17) is 0 Å². The molecule has 0 amide bonds. The monoisotopic (exact) mass is 314 g/mol. The van der Waals surface area contributed by atoms with E-state index in [9.17, 15) is 18.3 Å². The van der Waals surface area contributed by atoms with Crippen LogP contribution in [0.1, 0.15) is 23.7 Å². The molecule has 1 aromatic rings. The van der Waals surface area contributed by atoms with Crippen molar-refractivity contribution in [3.63, 3.8) is 0 Å². The van der Waals surface area contributed by atoms with Crippen molar-refractivity contribution in [3.05, 3.63) is 35.4 Å². The van der Waals surface area contributed by atoms with E-state index in [1.54, 1.807) is 0 Å². The molecule has 2 atom stereocenters. The summed E-state index contributed by atoms with van der Waals surface area (Å²) in [6, 6.07) is 7.82. The zero-order valence-corrected chi connectivity index (χ0v) is 12.4. The average Bonchev–Trinajstić information content (AvgIpc) is 2.63. The molecule has 0 saturated carbocycles. The lowest BCUT2D eigenvalue weighted by atomic mass is 10.1. The van der Waals surface area contributed by atoms with Crippen molar-refractivity contribution in [2.45, 2.75) is 31.2 Å². The van der Waals surface area contributed by atoms with Crippen LogP contribution in [-0.4, -0.2) is 59.8 Å². The number of aliphatic hydroxyl groups is 1. The van der Waals surface area contributed by atoms with Crippen molar-refractivity contribution in [2.75, 3.05) is 32.7 Å². The van der Waals surface area contributed by atoms with E-state index in [2.05, 4.69) is 4.90 Å².